The first kappa shape index (κ1) is 33.3. The molecule has 242 valence electrons. The summed E-state index contributed by atoms with van der Waals surface area (Å²) in [5.41, 5.74) is -5.72. The van der Waals surface area contributed by atoms with Gasteiger partial charge in [-0.3, -0.25) is 10.3 Å². The van der Waals surface area contributed by atoms with Gasteiger partial charge in [-0.2, -0.15) is 13.2 Å². The molecule has 0 saturated heterocycles. The number of urea groups is 1. The molecule has 45 heavy (non-hydrogen) atoms. The van der Waals surface area contributed by atoms with Gasteiger partial charge < -0.3 is 24.8 Å². The monoisotopic (exact) mass is 635 g/mol. The molecule has 0 unspecified atom stereocenters. The fourth-order valence-electron chi connectivity index (χ4n) is 4.13. The number of amides is 3. The number of nitrogens with zero attached hydrogens (tertiary/aromatic N) is 2. The Labute approximate surface area is 256 Å². The predicted molar refractivity (Wildman–Crippen MR) is 153 cm³/mol. The minimum absolute atomic E-state index is 0.00363. The van der Waals surface area contributed by atoms with Crippen molar-refractivity contribution in [2.45, 2.75) is 90.3 Å². The van der Waals surface area contributed by atoms with E-state index in [4.69, 9.17) is 14.2 Å². The SMILES string of the molecule is CC(C)(C)OC(=O)Nc1nc(Cc2cc3c(cc2F)[C@@](C#CC2CC2)(C(F)(F)F)NC(=O)N3)cnc1COC(=O)OC(C)(C)C. The van der Waals surface area contributed by atoms with E-state index in [1.807, 2.05) is 5.32 Å². The van der Waals surface area contributed by atoms with Crippen molar-refractivity contribution in [3.63, 3.8) is 0 Å². The molecule has 1 aromatic carbocycles. The van der Waals surface area contributed by atoms with E-state index >= 15 is 4.39 Å². The van der Waals surface area contributed by atoms with Crippen LogP contribution in [0.1, 0.15) is 76.9 Å². The van der Waals surface area contributed by atoms with Gasteiger partial charge in [0.2, 0.25) is 5.54 Å². The molecule has 1 atom stereocenters. The van der Waals surface area contributed by atoms with Crippen molar-refractivity contribution in [3.05, 3.63) is 46.7 Å². The van der Waals surface area contributed by atoms with Crippen molar-refractivity contribution < 1.29 is 46.2 Å². The maximum atomic E-state index is 15.5. The lowest BCUT2D eigenvalue weighted by Gasteiger charge is -2.37. The van der Waals surface area contributed by atoms with Crippen LogP contribution in [0, 0.1) is 23.6 Å². The first-order valence-corrected chi connectivity index (χ1v) is 14.0. The van der Waals surface area contributed by atoms with Gasteiger partial charge >= 0.3 is 24.5 Å². The molecule has 1 aliphatic carbocycles. The number of ether oxygens (including phenoxy) is 3. The van der Waals surface area contributed by atoms with Gasteiger partial charge in [0.15, 0.2) is 5.82 Å². The second-order valence-corrected chi connectivity index (χ2v) is 12.6. The largest absolute Gasteiger partial charge is 0.509 e. The topological polar surface area (TPSA) is 141 Å². The number of fused-ring (bicyclic) bond motifs is 1. The summed E-state index contributed by atoms with van der Waals surface area (Å²) in [6.45, 7) is 9.39. The molecule has 2 heterocycles. The van der Waals surface area contributed by atoms with Crippen LogP contribution in [0.2, 0.25) is 0 Å². The summed E-state index contributed by atoms with van der Waals surface area (Å²) in [7, 11) is 0. The van der Waals surface area contributed by atoms with Gasteiger partial charge in [-0.05, 0) is 72.1 Å². The highest BCUT2D eigenvalue weighted by Crippen LogP contribution is 2.45. The van der Waals surface area contributed by atoms with Crippen molar-refractivity contribution in [2.24, 2.45) is 5.92 Å². The lowest BCUT2D eigenvalue weighted by atomic mass is 9.85. The number of nitrogens with one attached hydrogen (secondary N) is 3. The normalized spacial score (nSPS) is 18.0. The van der Waals surface area contributed by atoms with Crippen LogP contribution in [0.5, 0.6) is 0 Å². The number of rotatable bonds is 5. The molecule has 3 amide bonds. The highest BCUT2D eigenvalue weighted by molar-refractivity contribution is 5.95. The van der Waals surface area contributed by atoms with E-state index in [0.29, 0.717) is 18.9 Å². The molecule has 0 radical (unpaired) electrons. The smallest absolute Gasteiger partial charge is 0.444 e. The summed E-state index contributed by atoms with van der Waals surface area (Å²) in [5, 5.41) is 6.58. The number of alkyl halides is 3. The molecule has 2 aliphatic rings. The van der Waals surface area contributed by atoms with Crippen LogP contribution >= 0.6 is 0 Å². The van der Waals surface area contributed by atoms with Crippen LogP contribution in [-0.2, 0) is 32.8 Å². The molecule has 1 fully saturated rings. The van der Waals surface area contributed by atoms with Crippen LogP contribution in [0.15, 0.2) is 18.3 Å². The summed E-state index contributed by atoms with van der Waals surface area (Å²) < 4.78 is 74.2. The fraction of sp³-hybridized carbons (Fsp3) is 0.500. The number of anilines is 2. The van der Waals surface area contributed by atoms with Crippen LogP contribution in [0.4, 0.5) is 43.5 Å². The molecule has 2 aromatic rings. The zero-order valence-electron chi connectivity index (χ0n) is 25.5. The van der Waals surface area contributed by atoms with Crippen LogP contribution in [-0.4, -0.2) is 45.6 Å². The maximum absolute atomic E-state index is 15.5. The maximum Gasteiger partial charge on any atom is 0.509 e. The second kappa shape index (κ2) is 12.1. The molecule has 1 aliphatic heterocycles. The van der Waals surface area contributed by atoms with E-state index in [-0.39, 0.29) is 40.8 Å². The molecule has 0 spiro atoms. The lowest BCUT2D eigenvalue weighted by molar-refractivity contribution is -0.178. The molecule has 1 aromatic heterocycles. The lowest BCUT2D eigenvalue weighted by Crippen LogP contribution is -2.59. The minimum Gasteiger partial charge on any atom is -0.444 e. The number of hydrogen-bond acceptors (Lipinski definition) is 8. The van der Waals surface area contributed by atoms with Crippen molar-refractivity contribution in [1.82, 2.24) is 15.3 Å². The molecule has 1 saturated carbocycles. The number of carbonyl (C=O) groups is 3. The minimum atomic E-state index is -5.06. The van der Waals surface area contributed by atoms with E-state index in [2.05, 4.69) is 32.4 Å². The number of halogens is 4. The van der Waals surface area contributed by atoms with E-state index in [0.717, 1.165) is 6.07 Å². The first-order valence-electron chi connectivity index (χ1n) is 14.0. The van der Waals surface area contributed by atoms with Crippen molar-refractivity contribution in [3.8, 4) is 11.8 Å². The molecular weight excluding hydrogens is 602 g/mol. The van der Waals surface area contributed by atoms with E-state index < -0.39 is 59.2 Å². The Kier molecular flexibility index (Phi) is 8.92. The highest BCUT2D eigenvalue weighted by Gasteiger charge is 2.59. The zero-order chi connectivity index (χ0) is 33.4. The Morgan fingerprint density at radius 3 is 2.36 bits per heavy atom. The fourth-order valence-corrected chi connectivity index (χ4v) is 4.13. The Hall–Kier alpha value is -4.61. The van der Waals surface area contributed by atoms with E-state index in [9.17, 15) is 27.6 Å². The third-order valence-corrected chi connectivity index (χ3v) is 6.21. The number of aromatic nitrogens is 2. The Morgan fingerprint density at radius 2 is 1.76 bits per heavy atom. The predicted octanol–water partition coefficient (Wildman–Crippen LogP) is 6.31. The number of hydrogen-bond donors (Lipinski definition) is 3. The zero-order valence-corrected chi connectivity index (χ0v) is 25.5. The molecular formula is C30H33F4N5O6. The molecule has 15 heteroatoms. The van der Waals surface area contributed by atoms with Gasteiger partial charge in [0.05, 0.1) is 5.69 Å². The van der Waals surface area contributed by atoms with Gasteiger partial charge in [0, 0.05) is 29.8 Å². The third kappa shape index (κ3) is 8.52. The van der Waals surface area contributed by atoms with Crippen LogP contribution in [0.3, 0.4) is 0 Å². The third-order valence-electron chi connectivity index (χ3n) is 6.21. The Balaban J connectivity index is 1.66. The van der Waals surface area contributed by atoms with E-state index in [1.54, 1.807) is 41.5 Å². The van der Waals surface area contributed by atoms with Gasteiger partial charge in [0.1, 0.15) is 29.3 Å². The average molecular weight is 636 g/mol. The number of benzene rings is 1. The number of carbonyl (C=O) groups excluding carboxylic acids is 3. The summed E-state index contributed by atoms with van der Waals surface area (Å²) >= 11 is 0. The molecule has 4 rings (SSSR count). The summed E-state index contributed by atoms with van der Waals surface area (Å²) in [4.78, 5) is 45.5. The highest BCUT2D eigenvalue weighted by atomic mass is 19.4. The summed E-state index contributed by atoms with van der Waals surface area (Å²) in [6.07, 6.45) is -4.76. The molecule has 11 nitrogen and oxygen atoms in total. The second-order valence-electron chi connectivity index (χ2n) is 12.6. The summed E-state index contributed by atoms with van der Waals surface area (Å²) in [6, 6.07) is 0.605. The first-order chi connectivity index (χ1) is 20.7. The Bertz CT molecular complexity index is 1570. The van der Waals surface area contributed by atoms with Gasteiger partial charge in [-0.25, -0.2) is 23.8 Å². The van der Waals surface area contributed by atoms with Crippen LogP contribution < -0.4 is 16.0 Å². The van der Waals surface area contributed by atoms with Crippen LogP contribution in [0.25, 0.3) is 0 Å². The Morgan fingerprint density at radius 1 is 1.09 bits per heavy atom. The van der Waals surface area contributed by atoms with Gasteiger partial charge in [-0.1, -0.05) is 11.8 Å². The van der Waals surface area contributed by atoms with Crippen molar-refractivity contribution in [2.75, 3.05) is 10.6 Å². The van der Waals surface area contributed by atoms with Crippen molar-refractivity contribution in [1.29, 1.82) is 0 Å². The van der Waals surface area contributed by atoms with Gasteiger partial charge in [0.25, 0.3) is 0 Å². The quantitative estimate of drug-likeness (QED) is 0.197. The molecule has 0 bridgehead atoms. The summed E-state index contributed by atoms with van der Waals surface area (Å²) in [5.74, 6) is 3.30. The van der Waals surface area contributed by atoms with E-state index in [1.165, 1.54) is 6.20 Å². The van der Waals surface area contributed by atoms with Gasteiger partial charge in [-0.15, -0.1) is 0 Å². The standard InChI is InChI=1S/C30H33F4N5O6/c1-27(2,3)44-25(41)38-23-22(15-43-26(42)45-28(4,5)6)35-14-18(36-23)11-17-12-21-19(13-20(17)31)29(30(32,33)34,39-24(40)37-21)10-9-16-7-8-16/h12-14,16H,7-8,11,15H2,1-6H3,(H,36,38,41)(H2,37,39,40)/t29-/m0/s1. The van der Waals surface area contributed by atoms with Crippen molar-refractivity contribution >= 4 is 29.8 Å². The average Bonchev–Trinajstić information content (AvgIpc) is 3.69. The molecule has 3 N–H and O–H groups in total.